The average molecular weight is 602 g/mol. The van der Waals surface area contributed by atoms with Gasteiger partial charge in [-0.15, -0.1) is 9.46 Å². The van der Waals surface area contributed by atoms with Gasteiger partial charge in [0.05, 0.1) is 11.1 Å². The molecule has 0 amide bonds. The molecular formula is C21H20BrF2NNaO5PS2. The van der Waals surface area contributed by atoms with Gasteiger partial charge in [-0.1, -0.05) is 64.5 Å². The minimum atomic E-state index is -4.45. The number of hydrogen-bond acceptors (Lipinski definition) is 6. The van der Waals surface area contributed by atoms with Gasteiger partial charge in [-0.3, -0.25) is 4.57 Å². The first kappa shape index (κ1) is 29.6. The summed E-state index contributed by atoms with van der Waals surface area (Å²) in [7, 11) is -8.21. The van der Waals surface area contributed by atoms with Crippen LogP contribution in [-0.4, -0.2) is 38.0 Å². The second kappa shape index (κ2) is 13.1. The molecule has 0 atom stereocenters. The third-order valence-corrected chi connectivity index (χ3v) is 8.55. The van der Waals surface area contributed by atoms with Crippen LogP contribution in [0.4, 0.5) is 9.05 Å². The molecule has 178 valence electrons. The van der Waals surface area contributed by atoms with Crippen molar-refractivity contribution >= 4 is 74.9 Å². The standard InChI is InChI=1S/C21H19BrF2NO5PS2.Na.H/c22-21-10-16(6-9-19(21)12-31(26,29-23)30-24)14-32-13-15-4-7-17(8-5-15)18-2-1-3-20(11-18)33(25,27)28;;/h1-11H,12-14H2,(H2,25,27,28);;. The monoisotopic (exact) mass is 601 g/mol. The van der Waals surface area contributed by atoms with Gasteiger partial charge in [0.2, 0.25) is 10.0 Å². The Morgan fingerprint density at radius 3 is 2.12 bits per heavy atom. The molecule has 0 fully saturated rings. The van der Waals surface area contributed by atoms with Crippen molar-refractivity contribution in [3.63, 3.8) is 0 Å². The molecule has 3 rings (SSSR count). The number of rotatable bonds is 10. The van der Waals surface area contributed by atoms with Gasteiger partial charge in [0.1, 0.15) is 0 Å². The fourth-order valence-electron chi connectivity index (χ4n) is 3.01. The minimum absolute atomic E-state index is 0. The summed E-state index contributed by atoms with van der Waals surface area (Å²) in [5.41, 5.74) is 4.07. The maximum atomic E-state index is 12.3. The molecule has 6 nitrogen and oxygen atoms in total. The zero-order chi connectivity index (χ0) is 24.1. The van der Waals surface area contributed by atoms with Crippen LogP contribution in [-0.2, 0) is 41.7 Å². The first-order valence-corrected chi connectivity index (χ1v) is 14.6. The summed E-state index contributed by atoms with van der Waals surface area (Å²) in [4.78, 5) is 0.0640. The molecule has 0 aliphatic heterocycles. The van der Waals surface area contributed by atoms with E-state index in [9.17, 15) is 22.0 Å². The van der Waals surface area contributed by atoms with Crippen molar-refractivity contribution in [3.05, 3.63) is 87.9 Å². The maximum absolute atomic E-state index is 12.3. The molecule has 3 aromatic rings. The van der Waals surface area contributed by atoms with Crippen LogP contribution >= 0.6 is 35.3 Å². The molecule has 0 saturated heterocycles. The van der Waals surface area contributed by atoms with Crippen LogP contribution in [0.1, 0.15) is 16.7 Å². The van der Waals surface area contributed by atoms with Crippen molar-refractivity contribution in [1.29, 1.82) is 0 Å². The summed E-state index contributed by atoms with van der Waals surface area (Å²) in [6.07, 6.45) is -0.541. The molecule has 0 aliphatic rings. The van der Waals surface area contributed by atoms with Crippen molar-refractivity contribution < 1.29 is 31.5 Å². The quantitative estimate of drug-likeness (QED) is 0.225. The summed E-state index contributed by atoms with van der Waals surface area (Å²) in [6, 6.07) is 19.4. The Labute approximate surface area is 231 Å². The molecule has 0 aliphatic carbocycles. The van der Waals surface area contributed by atoms with Crippen LogP contribution < -0.4 is 5.14 Å². The van der Waals surface area contributed by atoms with E-state index in [1.807, 2.05) is 30.3 Å². The van der Waals surface area contributed by atoms with Gasteiger partial charge < -0.3 is 0 Å². The predicted octanol–water partition coefficient (Wildman–Crippen LogP) is 6.04. The van der Waals surface area contributed by atoms with E-state index in [2.05, 4.69) is 25.4 Å². The number of sulfonamides is 1. The third kappa shape index (κ3) is 8.23. The van der Waals surface area contributed by atoms with E-state index in [1.54, 1.807) is 42.1 Å². The van der Waals surface area contributed by atoms with Crippen LogP contribution in [0, 0.1) is 0 Å². The first-order valence-electron chi connectivity index (χ1n) is 9.40. The predicted molar refractivity (Wildman–Crippen MR) is 135 cm³/mol. The normalized spacial score (nSPS) is 11.8. The Bertz CT molecular complexity index is 1270. The molecule has 0 aromatic heterocycles. The Morgan fingerprint density at radius 1 is 0.912 bits per heavy atom. The van der Waals surface area contributed by atoms with Gasteiger partial charge in [-0.05, 0) is 55.1 Å². The van der Waals surface area contributed by atoms with Crippen molar-refractivity contribution in [2.75, 3.05) is 0 Å². The van der Waals surface area contributed by atoms with Gasteiger partial charge >= 0.3 is 37.2 Å². The van der Waals surface area contributed by atoms with Gasteiger partial charge in [0.15, 0.2) is 0 Å². The number of halogens is 3. The van der Waals surface area contributed by atoms with E-state index in [0.29, 0.717) is 15.8 Å². The van der Waals surface area contributed by atoms with Crippen molar-refractivity contribution in [2.45, 2.75) is 22.6 Å². The molecule has 13 heteroatoms. The zero-order valence-electron chi connectivity index (χ0n) is 17.0. The second-order valence-corrected chi connectivity index (χ2v) is 12.3. The van der Waals surface area contributed by atoms with E-state index in [-0.39, 0.29) is 34.5 Å². The molecule has 0 bridgehead atoms. The Hall–Kier alpha value is -0.590. The number of nitrogens with two attached hydrogens (primary N) is 1. The molecular weight excluding hydrogens is 582 g/mol. The zero-order valence-corrected chi connectivity index (χ0v) is 21.1. The molecule has 2 N–H and O–H groups in total. The Balaban J connectivity index is 0.00000408. The van der Waals surface area contributed by atoms with Gasteiger partial charge in [-0.2, -0.15) is 11.8 Å². The number of hydrogen-bond donors (Lipinski definition) is 1. The van der Waals surface area contributed by atoms with Crippen LogP contribution in [0.3, 0.4) is 0 Å². The molecule has 0 saturated carbocycles. The van der Waals surface area contributed by atoms with Crippen LogP contribution in [0.2, 0.25) is 0 Å². The van der Waals surface area contributed by atoms with Crippen molar-refractivity contribution in [2.24, 2.45) is 5.14 Å². The molecule has 0 radical (unpaired) electrons. The van der Waals surface area contributed by atoms with Crippen LogP contribution in [0.25, 0.3) is 11.1 Å². The number of primary sulfonamides is 1. The van der Waals surface area contributed by atoms with Gasteiger partial charge in [0, 0.05) is 16.0 Å². The van der Waals surface area contributed by atoms with Crippen molar-refractivity contribution in [3.8, 4) is 11.1 Å². The van der Waals surface area contributed by atoms with E-state index >= 15 is 0 Å². The third-order valence-electron chi connectivity index (χ3n) is 4.68. The molecule has 34 heavy (non-hydrogen) atoms. The SMILES string of the molecule is NS(=O)(=O)c1cccc(-c2ccc(CSCc3ccc(CP(=O)(OF)OF)c(Br)c3)cc2)c1.[NaH]. The van der Waals surface area contributed by atoms with E-state index in [1.165, 1.54) is 6.07 Å². The summed E-state index contributed by atoms with van der Waals surface area (Å²) in [5, 5.41) is 5.20. The molecule has 0 heterocycles. The Kier molecular flexibility index (Phi) is 11.4. The van der Waals surface area contributed by atoms with Crippen LogP contribution in [0.15, 0.2) is 76.1 Å². The van der Waals surface area contributed by atoms with Crippen LogP contribution in [0.5, 0.6) is 0 Å². The summed E-state index contributed by atoms with van der Waals surface area (Å²) in [6.45, 7) is 0. The van der Waals surface area contributed by atoms with E-state index < -0.39 is 23.8 Å². The summed E-state index contributed by atoms with van der Waals surface area (Å²) >= 11 is 4.97. The molecule has 0 spiro atoms. The molecule has 0 unspecified atom stereocenters. The summed E-state index contributed by atoms with van der Waals surface area (Å²) < 4.78 is 66.1. The second-order valence-electron chi connectivity index (χ2n) is 7.10. The first-order chi connectivity index (χ1) is 15.6. The fraction of sp³-hybridized carbons (Fsp3) is 0.143. The Morgan fingerprint density at radius 2 is 1.53 bits per heavy atom. The fourth-order valence-corrected chi connectivity index (χ4v) is 6.11. The van der Waals surface area contributed by atoms with E-state index in [4.69, 9.17) is 5.14 Å². The van der Waals surface area contributed by atoms with E-state index in [0.717, 1.165) is 28.0 Å². The van der Waals surface area contributed by atoms with Gasteiger partial charge in [0.25, 0.3) is 0 Å². The summed E-state index contributed by atoms with van der Waals surface area (Å²) in [5.74, 6) is 1.41. The van der Waals surface area contributed by atoms with Gasteiger partial charge in [-0.25, -0.2) is 13.6 Å². The number of benzene rings is 3. The number of thioether (sulfide) groups is 1. The van der Waals surface area contributed by atoms with Crippen molar-refractivity contribution in [1.82, 2.24) is 0 Å². The molecule has 3 aromatic carbocycles. The average Bonchev–Trinajstić information content (AvgIpc) is 2.81. The topological polar surface area (TPSA) is 95.7 Å².